The molecule has 2 aliphatic heterocycles. The van der Waals surface area contributed by atoms with E-state index >= 15 is 0 Å². The molecule has 2 heterocycles. The molecule has 2 aromatic rings. The Bertz CT molecular complexity index is 2580. The summed E-state index contributed by atoms with van der Waals surface area (Å²) in [5, 5.41) is 60.3. The molecule has 18 N–H and O–H groups in total. The maximum Gasteiger partial charge on any atom is 0.305 e. The molecular formula is C51H73N13O15S2. The molecule has 81 heavy (non-hydrogen) atoms. The number of phenols is 2. The lowest BCUT2D eigenvalue weighted by Gasteiger charge is -2.28. The molecule has 2 aliphatic rings. The number of nitrogens with zero attached hydrogens (tertiary/aromatic N) is 2. The highest BCUT2D eigenvalue weighted by molar-refractivity contribution is 8.76. The molecule has 2 saturated heterocycles. The van der Waals surface area contributed by atoms with Gasteiger partial charge < -0.3 is 89.9 Å². The molecule has 0 aliphatic carbocycles. The van der Waals surface area contributed by atoms with Crippen LogP contribution in [0, 0.1) is 5.92 Å². The van der Waals surface area contributed by atoms with Gasteiger partial charge in [0, 0.05) is 37.4 Å². The Morgan fingerprint density at radius 3 is 1.70 bits per heavy atom. The molecule has 0 aromatic heterocycles. The molecule has 0 bridgehead atoms. The Kier molecular flexibility index (Phi) is 26.4. The lowest BCUT2D eigenvalue weighted by Crippen LogP contribution is -2.61. The van der Waals surface area contributed by atoms with Gasteiger partial charge in [0.2, 0.25) is 53.2 Å². The van der Waals surface area contributed by atoms with Crippen molar-refractivity contribution in [2.75, 3.05) is 31.2 Å². The van der Waals surface area contributed by atoms with Crippen LogP contribution in [0.1, 0.15) is 70.4 Å². The van der Waals surface area contributed by atoms with Crippen molar-refractivity contribution in [1.82, 2.24) is 47.4 Å². The number of carboxylic acid groups (broad SMARTS) is 1. The summed E-state index contributed by atoms with van der Waals surface area (Å²) >= 11 is 0. The normalized spacial score (nSPS) is 25.9. The number of nitrogens with one attached hydrogen (secondary N) is 8. The Labute approximate surface area is 474 Å². The quantitative estimate of drug-likeness (QED) is 0.0284. The van der Waals surface area contributed by atoms with Gasteiger partial charge in [-0.15, -0.1) is 0 Å². The number of fused-ring (bicyclic) bond motifs is 1. The van der Waals surface area contributed by atoms with Crippen molar-refractivity contribution in [3.8, 4) is 11.5 Å². The van der Waals surface area contributed by atoms with Crippen molar-refractivity contribution in [2.24, 2.45) is 28.1 Å². The standard InChI is InChI=1S/C51H73N13O15S2/c1-26(2)18-35-45(74)62-38(21-41(69)70)44(73)57-30(22-65)24-80-81-25-33(52)50(79)64-17-5-7-40(64)49(78)56-27(3)42(71)59-36(19-28-8-12-31(67)13-9-28)47(76)63-39(23-66)48(77)58-34(6-4-16-55-51(53)54)43(72)61-37(46(75)60-35)20-29-10-14-32(68)15-11-29/h8-15,22,26-27,30,33-40,66-68H,4-7,16-21,23-25,52H2,1-3H3,(H,56,78)(H,57,73)(H,58,77)(H,59,71)(H,60,75)(H,61,72)(H,62,74)(H,63,76)(H,69,70)(H4,53,54,55)/t27-,30+,33-,34-,35-,36-,37-,38-,39-,40-/m0/s1. The van der Waals surface area contributed by atoms with E-state index in [0.717, 1.165) is 21.6 Å². The van der Waals surface area contributed by atoms with Crippen LogP contribution >= 0.6 is 21.6 Å². The first-order valence-electron chi connectivity index (χ1n) is 26.0. The molecule has 30 heteroatoms. The van der Waals surface area contributed by atoms with Crippen LogP contribution in [-0.2, 0) is 65.6 Å². The first kappa shape index (κ1) is 65.8. The Hall–Kier alpha value is -7.70. The molecule has 0 spiro atoms. The van der Waals surface area contributed by atoms with Crippen molar-refractivity contribution in [2.45, 2.75) is 133 Å². The fourth-order valence-corrected chi connectivity index (χ4v) is 10.7. The van der Waals surface area contributed by atoms with Gasteiger partial charge in [0.25, 0.3) is 0 Å². The number of carbonyl (C=O) groups excluding carboxylic acids is 10. The first-order chi connectivity index (χ1) is 38.4. The van der Waals surface area contributed by atoms with E-state index < -0.39 is 133 Å². The van der Waals surface area contributed by atoms with Crippen molar-refractivity contribution < 1.29 is 73.2 Å². The Morgan fingerprint density at radius 2 is 1.16 bits per heavy atom. The summed E-state index contributed by atoms with van der Waals surface area (Å²) in [6, 6.07) is -3.31. The molecule has 2 aromatic carbocycles. The van der Waals surface area contributed by atoms with E-state index in [1.165, 1.54) is 60.4 Å². The number of aliphatic imine (C=N–C) groups is 1. The van der Waals surface area contributed by atoms with Crippen molar-refractivity contribution in [3.63, 3.8) is 0 Å². The van der Waals surface area contributed by atoms with Gasteiger partial charge in [0.15, 0.2) is 5.96 Å². The van der Waals surface area contributed by atoms with E-state index in [0.29, 0.717) is 23.8 Å². The van der Waals surface area contributed by atoms with E-state index in [1.807, 2.05) is 0 Å². The Morgan fingerprint density at radius 1 is 0.679 bits per heavy atom. The number of guanidine groups is 1. The van der Waals surface area contributed by atoms with Gasteiger partial charge in [0.1, 0.15) is 66.1 Å². The molecule has 0 unspecified atom stereocenters. The van der Waals surface area contributed by atoms with E-state index in [1.54, 1.807) is 13.8 Å². The van der Waals surface area contributed by atoms with Crippen LogP contribution in [0.2, 0.25) is 0 Å². The van der Waals surface area contributed by atoms with E-state index in [9.17, 15) is 73.2 Å². The predicted octanol–water partition coefficient (Wildman–Crippen LogP) is -3.74. The minimum absolute atomic E-state index is 0.0304. The molecule has 444 valence electrons. The summed E-state index contributed by atoms with van der Waals surface area (Å²) < 4.78 is 0. The third-order valence-electron chi connectivity index (χ3n) is 12.7. The van der Waals surface area contributed by atoms with E-state index in [2.05, 4.69) is 47.5 Å². The number of hydrogen-bond acceptors (Lipinski definition) is 18. The third-order valence-corrected chi connectivity index (χ3v) is 15.2. The molecule has 9 amide bonds. The van der Waals surface area contributed by atoms with E-state index in [4.69, 9.17) is 17.2 Å². The SMILES string of the molecule is CC(C)C[C@@H]1NC(=O)[C@H](Cc2ccc(O)cc2)NC(=O)[C@H](CCCN=C(N)N)NC(=O)[C@H](CO)NC(=O)[C@H](Cc2ccc(O)cc2)NC(=O)[C@H](C)NC(=O)[C@@H]2CCCN2C(=O)[C@@H](N)CSSC[C@@H](C=O)NC(=O)[C@H](CC(=O)O)NC1=O. The van der Waals surface area contributed by atoms with Gasteiger partial charge in [-0.1, -0.05) is 59.7 Å². The summed E-state index contributed by atoms with van der Waals surface area (Å²) in [4.78, 5) is 155. The van der Waals surface area contributed by atoms with E-state index in [-0.39, 0.29) is 86.5 Å². The number of carboxylic acids is 1. The maximum absolute atomic E-state index is 14.4. The van der Waals surface area contributed by atoms with Crippen LogP contribution in [-0.4, -0.2) is 188 Å². The number of aldehydes is 1. The number of carbonyl (C=O) groups is 11. The van der Waals surface area contributed by atoms with Gasteiger partial charge >= 0.3 is 5.97 Å². The van der Waals surface area contributed by atoms with Crippen LogP contribution in [0.4, 0.5) is 0 Å². The summed E-state index contributed by atoms with van der Waals surface area (Å²) in [5.41, 5.74) is 18.1. The molecule has 28 nitrogen and oxygen atoms in total. The average molecular weight is 1170 g/mol. The van der Waals surface area contributed by atoms with Crippen LogP contribution in [0.5, 0.6) is 11.5 Å². The average Bonchev–Trinajstić information content (AvgIpc) is 3.96. The van der Waals surface area contributed by atoms with Crippen molar-refractivity contribution >= 4 is 93.0 Å². The summed E-state index contributed by atoms with van der Waals surface area (Å²) in [6.07, 6.45) is -0.747. The summed E-state index contributed by atoms with van der Waals surface area (Å²) in [5.74, 6) is -10.8. The third kappa shape index (κ3) is 21.7. The highest BCUT2D eigenvalue weighted by atomic mass is 33.1. The summed E-state index contributed by atoms with van der Waals surface area (Å²) in [6.45, 7) is 3.79. The predicted molar refractivity (Wildman–Crippen MR) is 297 cm³/mol. The second-order valence-corrected chi connectivity index (χ2v) is 22.4. The number of benzene rings is 2. The number of hydrogen-bond donors (Lipinski definition) is 15. The minimum Gasteiger partial charge on any atom is -0.508 e. The second kappa shape index (κ2) is 32.5. The van der Waals surface area contributed by atoms with Crippen molar-refractivity contribution in [1.29, 1.82) is 0 Å². The number of aliphatic hydroxyl groups is 1. The Balaban J connectivity index is 1.76. The highest BCUT2D eigenvalue weighted by Crippen LogP contribution is 2.25. The van der Waals surface area contributed by atoms with Gasteiger partial charge in [-0.3, -0.25) is 52.9 Å². The smallest absolute Gasteiger partial charge is 0.305 e. The van der Waals surface area contributed by atoms with Crippen molar-refractivity contribution in [3.05, 3.63) is 59.7 Å². The molecule has 4 rings (SSSR count). The number of phenolic OH excluding ortho intramolecular Hbond substituents is 2. The highest BCUT2D eigenvalue weighted by Gasteiger charge is 2.39. The fourth-order valence-electron chi connectivity index (χ4n) is 8.47. The lowest BCUT2D eigenvalue weighted by molar-refractivity contribution is -0.141. The first-order valence-corrected chi connectivity index (χ1v) is 28.5. The van der Waals surface area contributed by atoms with Crippen LogP contribution in [0.3, 0.4) is 0 Å². The second-order valence-electron chi connectivity index (χ2n) is 19.8. The van der Waals surface area contributed by atoms with Crippen LogP contribution in [0.25, 0.3) is 0 Å². The zero-order valence-electron chi connectivity index (χ0n) is 45.0. The fraction of sp³-hybridized carbons (Fsp3) is 0.529. The number of amides is 9. The number of rotatable bonds is 14. The van der Waals surface area contributed by atoms with Gasteiger partial charge in [0.05, 0.1) is 25.1 Å². The number of aliphatic carboxylic acids is 1. The summed E-state index contributed by atoms with van der Waals surface area (Å²) in [7, 11) is 2.10. The lowest BCUT2D eigenvalue weighted by atomic mass is 10.00. The maximum atomic E-state index is 14.4. The zero-order valence-corrected chi connectivity index (χ0v) is 46.6. The number of aromatic hydroxyl groups is 2. The molecule has 0 radical (unpaired) electrons. The van der Waals surface area contributed by atoms with Gasteiger partial charge in [-0.25, -0.2) is 0 Å². The van der Waals surface area contributed by atoms with Crippen LogP contribution < -0.4 is 59.7 Å². The van der Waals surface area contributed by atoms with Gasteiger partial charge in [-0.2, -0.15) is 0 Å². The molecule has 0 saturated carbocycles. The number of nitrogens with two attached hydrogens (primary N) is 3. The van der Waals surface area contributed by atoms with Gasteiger partial charge in [-0.05, 0) is 80.3 Å². The molecule has 2 fully saturated rings. The molecule has 10 atom stereocenters. The zero-order chi connectivity index (χ0) is 59.9. The number of aliphatic hydroxyl groups excluding tert-OH is 1. The monoisotopic (exact) mass is 1170 g/mol. The molecular weight excluding hydrogens is 1100 g/mol. The largest absolute Gasteiger partial charge is 0.508 e. The topological polar surface area (TPSA) is 459 Å². The van der Waals surface area contributed by atoms with Crippen LogP contribution in [0.15, 0.2) is 53.5 Å². The minimum atomic E-state index is -1.80.